The smallest absolute Gasteiger partial charge is 0.343 e. The molecule has 3 rings (SSSR count). The number of nitrogens with zero attached hydrogens (tertiary/aromatic N) is 3. The van der Waals surface area contributed by atoms with E-state index in [4.69, 9.17) is 9.47 Å². The summed E-state index contributed by atoms with van der Waals surface area (Å²) in [6.07, 6.45) is 1.47. The van der Waals surface area contributed by atoms with E-state index in [1.54, 1.807) is 18.7 Å². The number of hydrogen-bond donors (Lipinski definition) is 0. The van der Waals surface area contributed by atoms with Gasteiger partial charge in [-0.1, -0.05) is 15.9 Å². The molecule has 0 saturated heterocycles. The maximum Gasteiger partial charge on any atom is 0.343 e. The number of fused-ring (bicyclic) bond motifs is 1. The highest BCUT2D eigenvalue weighted by molar-refractivity contribution is 9.10. The number of benzene rings is 1. The molecule has 2 heterocycles. The van der Waals surface area contributed by atoms with Gasteiger partial charge in [-0.3, -0.25) is 4.68 Å². The van der Waals surface area contributed by atoms with E-state index in [-0.39, 0.29) is 12.2 Å². The van der Waals surface area contributed by atoms with Crippen LogP contribution in [0.4, 0.5) is 0 Å². The van der Waals surface area contributed by atoms with Crippen LogP contribution in [-0.2, 0) is 11.8 Å². The molecule has 0 atom stereocenters. The fourth-order valence-electron chi connectivity index (χ4n) is 2.46. The van der Waals surface area contributed by atoms with Crippen molar-refractivity contribution in [3.8, 4) is 11.5 Å². The van der Waals surface area contributed by atoms with Crippen molar-refractivity contribution in [2.24, 2.45) is 7.05 Å². The fraction of sp³-hybridized carbons (Fsp3) is 0.235. The molecule has 0 bridgehead atoms. The van der Waals surface area contributed by atoms with Crippen LogP contribution >= 0.6 is 15.9 Å². The summed E-state index contributed by atoms with van der Waals surface area (Å²) in [7, 11) is 1.80. The standard InChI is InChI=1S/C17H16BrN3O3/c1-4-23-17(22)13-9-19-16-14(10(2)20-21(16)3)15(13)24-12-7-5-11(18)6-8-12/h5-9H,4H2,1-3H3. The lowest BCUT2D eigenvalue weighted by molar-refractivity contribution is 0.0523. The van der Waals surface area contributed by atoms with Crippen molar-refractivity contribution >= 4 is 32.9 Å². The summed E-state index contributed by atoms with van der Waals surface area (Å²) in [4.78, 5) is 16.6. The van der Waals surface area contributed by atoms with Gasteiger partial charge in [0.2, 0.25) is 0 Å². The number of ether oxygens (including phenoxy) is 2. The average molecular weight is 390 g/mol. The highest BCUT2D eigenvalue weighted by atomic mass is 79.9. The molecule has 0 radical (unpaired) electrons. The van der Waals surface area contributed by atoms with Crippen molar-refractivity contribution in [3.05, 3.63) is 46.2 Å². The Balaban J connectivity index is 2.18. The molecule has 0 fully saturated rings. The minimum atomic E-state index is -0.470. The summed E-state index contributed by atoms with van der Waals surface area (Å²) in [6, 6.07) is 7.37. The van der Waals surface area contributed by atoms with Crippen molar-refractivity contribution in [1.82, 2.24) is 14.8 Å². The number of carbonyl (C=O) groups is 1. The molecule has 0 aliphatic carbocycles. The Bertz CT molecular complexity index is 904. The van der Waals surface area contributed by atoms with E-state index in [0.29, 0.717) is 22.5 Å². The van der Waals surface area contributed by atoms with Crippen LogP contribution in [0.3, 0.4) is 0 Å². The highest BCUT2D eigenvalue weighted by Crippen LogP contribution is 2.35. The zero-order valence-electron chi connectivity index (χ0n) is 13.5. The Morgan fingerprint density at radius 3 is 2.67 bits per heavy atom. The number of esters is 1. The van der Waals surface area contributed by atoms with E-state index in [1.807, 2.05) is 31.2 Å². The first kappa shape index (κ1) is 16.4. The zero-order chi connectivity index (χ0) is 17.3. The zero-order valence-corrected chi connectivity index (χ0v) is 15.1. The number of hydrogen-bond acceptors (Lipinski definition) is 5. The molecule has 0 spiro atoms. The molecule has 1 aromatic carbocycles. The van der Waals surface area contributed by atoms with Gasteiger partial charge in [0.1, 0.15) is 11.3 Å². The molecule has 0 unspecified atom stereocenters. The van der Waals surface area contributed by atoms with Crippen LogP contribution in [0, 0.1) is 6.92 Å². The Hall–Kier alpha value is -2.41. The number of aromatic nitrogens is 3. The molecule has 3 aromatic rings. The second-order valence-corrected chi connectivity index (χ2v) is 6.10. The average Bonchev–Trinajstić information content (AvgIpc) is 2.85. The molecular weight excluding hydrogens is 374 g/mol. The van der Waals surface area contributed by atoms with Crippen LogP contribution in [0.15, 0.2) is 34.9 Å². The summed E-state index contributed by atoms with van der Waals surface area (Å²) in [5.41, 5.74) is 1.66. The molecule has 6 nitrogen and oxygen atoms in total. The van der Waals surface area contributed by atoms with Gasteiger partial charge < -0.3 is 9.47 Å². The van der Waals surface area contributed by atoms with Crippen LogP contribution in [0.1, 0.15) is 23.0 Å². The number of pyridine rings is 1. The van der Waals surface area contributed by atoms with Crippen LogP contribution in [-0.4, -0.2) is 27.3 Å². The van der Waals surface area contributed by atoms with Gasteiger partial charge in [-0.25, -0.2) is 9.78 Å². The van der Waals surface area contributed by atoms with Gasteiger partial charge >= 0.3 is 5.97 Å². The van der Waals surface area contributed by atoms with Crippen molar-refractivity contribution < 1.29 is 14.3 Å². The first-order valence-electron chi connectivity index (χ1n) is 7.44. The number of carbonyl (C=O) groups excluding carboxylic acids is 1. The molecule has 124 valence electrons. The van der Waals surface area contributed by atoms with E-state index < -0.39 is 5.97 Å². The van der Waals surface area contributed by atoms with Gasteiger partial charge in [0.15, 0.2) is 11.4 Å². The summed E-state index contributed by atoms with van der Waals surface area (Å²) in [6.45, 7) is 3.89. The molecule has 0 saturated carbocycles. The minimum absolute atomic E-state index is 0.278. The van der Waals surface area contributed by atoms with Crippen LogP contribution in [0.25, 0.3) is 11.0 Å². The molecule has 0 aliphatic rings. The molecule has 7 heteroatoms. The van der Waals surface area contributed by atoms with Gasteiger partial charge in [-0.15, -0.1) is 0 Å². The van der Waals surface area contributed by atoms with Gasteiger partial charge in [0.05, 0.1) is 17.7 Å². The quantitative estimate of drug-likeness (QED) is 0.630. The summed E-state index contributed by atoms with van der Waals surface area (Å²) in [5.74, 6) is 0.549. The van der Waals surface area contributed by atoms with Crippen LogP contribution < -0.4 is 4.74 Å². The fourth-order valence-corrected chi connectivity index (χ4v) is 2.72. The second kappa shape index (κ2) is 6.60. The first-order chi connectivity index (χ1) is 11.5. The number of halogens is 1. The molecule has 0 amide bonds. The number of rotatable bonds is 4. The van der Waals surface area contributed by atoms with E-state index in [1.165, 1.54) is 6.20 Å². The lowest BCUT2D eigenvalue weighted by atomic mass is 10.1. The van der Waals surface area contributed by atoms with Gasteiger partial charge in [-0.05, 0) is 38.1 Å². The van der Waals surface area contributed by atoms with E-state index in [0.717, 1.165) is 10.2 Å². The molecule has 0 aliphatic heterocycles. The Morgan fingerprint density at radius 1 is 1.29 bits per heavy atom. The maximum absolute atomic E-state index is 12.3. The minimum Gasteiger partial charge on any atom is -0.462 e. The highest BCUT2D eigenvalue weighted by Gasteiger charge is 2.22. The Kier molecular flexibility index (Phi) is 4.53. The van der Waals surface area contributed by atoms with Crippen molar-refractivity contribution in [1.29, 1.82) is 0 Å². The lowest BCUT2D eigenvalue weighted by Crippen LogP contribution is -2.08. The van der Waals surface area contributed by atoms with Crippen molar-refractivity contribution in [3.63, 3.8) is 0 Å². The summed E-state index contributed by atoms with van der Waals surface area (Å²) < 4.78 is 13.8. The predicted molar refractivity (Wildman–Crippen MR) is 93.4 cm³/mol. The predicted octanol–water partition coefficient (Wildman–Crippen LogP) is 4.01. The SMILES string of the molecule is CCOC(=O)c1cnc2c(c(C)nn2C)c1Oc1ccc(Br)cc1. The monoisotopic (exact) mass is 389 g/mol. The Labute approximate surface area is 147 Å². The van der Waals surface area contributed by atoms with E-state index >= 15 is 0 Å². The third-order valence-electron chi connectivity index (χ3n) is 3.51. The van der Waals surface area contributed by atoms with Crippen molar-refractivity contribution in [2.75, 3.05) is 6.61 Å². The topological polar surface area (TPSA) is 66.2 Å². The van der Waals surface area contributed by atoms with Crippen LogP contribution in [0.5, 0.6) is 11.5 Å². The van der Waals surface area contributed by atoms with E-state index in [9.17, 15) is 4.79 Å². The van der Waals surface area contributed by atoms with Crippen LogP contribution in [0.2, 0.25) is 0 Å². The molecular formula is C17H16BrN3O3. The summed E-state index contributed by atoms with van der Waals surface area (Å²) >= 11 is 3.39. The number of aryl methyl sites for hydroxylation is 2. The summed E-state index contributed by atoms with van der Waals surface area (Å²) in [5, 5.41) is 5.07. The Morgan fingerprint density at radius 2 is 2.00 bits per heavy atom. The normalized spacial score (nSPS) is 10.8. The van der Waals surface area contributed by atoms with Crippen molar-refractivity contribution in [2.45, 2.75) is 13.8 Å². The van der Waals surface area contributed by atoms with Gasteiger partial charge in [0.25, 0.3) is 0 Å². The third-order valence-corrected chi connectivity index (χ3v) is 4.04. The first-order valence-corrected chi connectivity index (χ1v) is 8.23. The molecule has 0 N–H and O–H groups in total. The third kappa shape index (κ3) is 2.99. The van der Waals surface area contributed by atoms with Gasteiger partial charge in [-0.2, -0.15) is 5.10 Å². The molecule has 2 aromatic heterocycles. The molecule has 24 heavy (non-hydrogen) atoms. The lowest BCUT2D eigenvalue weighted by Gasteiger charge is -2.12. The second-order valence-electron chi connectivity index (χ2n) is 5.19. The maximum atomic E-state index is 12.3. The van der Waals surface area contributed by atoms with Gasteiger partial charge in [0, 0.05) is 17.7 Å². The van der Waals surface area contributed by atoms with E-state index in [2.05, 4.69) is 26.0 Å². The largest absolute Gasteiger partial charge is 0.462 e.